The Balaban J connectivity index is 1.32. The van der Waals surface area contributed by atoms with Crippen molar-refractivity contribution in [3.63, 3.8) is 0 Å². The summed E-state index contributed by atoms with van der Waals surface area (Å²) in [4.78, 5) is 35.7. The number of likely N-dealkylation sites (N-methyl/N-ethyl adjacent to an activating group) is 1. The second-order valence-corrected chi connectivity index (χ2v) is 8.06. The van der Waals surface area contributed by atoms with Crippen molar-refractivity contribution < 1.29 is 24.2 Å². The fraction of sp³-hybridized carbons (Fsp3) is 0.400. The summed E-state index contributed by atoms with van der Waals surface area (Å²) in [5.74, 6) is -1.13. The van der Waals surface area contributed by atoms with E-state index in [2.05, 4.69) is 29.6 Å². The number of nitrogens with zero attached hydrogens (tertiary/aromatic N) is 1. The molecule has 2 amide bonds. The van der Waals surface area contributed by atoms with Gasteiger partial charge >= 0.3 is 12.1 Å². The Morgan fingerprint density at radius 1 is 0.938 bits per heavy atom. The molecule has 0 atom stereocenters. The smallest absolute Gasteiger partial charge is 0.407 e. The van der Waals surface area contributed by atoms with Crippen molar-refractivity contribution in [3.05, 3.63) is 59.7 Å². The fourth-order valence-corrected chi connectivity index (χ4v) is 4.08. The molecule has 1 aliphatic rings. The Labute approximate surface area is 188 Å². The van der Waals surface area contributed by atoms with Gasteiger partial charge in [0.1, 0.15) is 13.2 Å². The van der Waals surface area contributed by atoms with Crippen molar-refractivity contribution >= 4 is 18.0 Å². The number of benzene rings is 2. The minimum absolute atomic E-state index is 0.0462. The van der Waals surface area contributed by atoms with Crippen LogP contribution in [0, 0.1) is 0 Å². The van der Waals surface area contributed by atoms with E-state index in [1.165, 1.54) is 34.2 Å². The fourth-order valence-electron chi connectivity index (χ4n) is 4.08. The molecule has 0 radical (unpaired) electrons. The average molecular weight is 439 g/mol. The summed E-state index contributed by atoms with van der Waals surface area (Å²) in [6.45, 7) is 0.540. The highest BCUT2D eigenvalue weighted by atomic mass is 16.5. The minimum atomic E-state index is -1.01. The van der Waals surface area contributed by atoms with Crippen LogP contribution >= 0.6 is 0 Å². The molecule has 0 heterocycles. The molecule has 2 aromatic rings. The molecular formula is C25H30N2O5. The zero-order chi connectivity index (χ0) is 22.9. The first-order valence-corrected chi connectivity index (χ1v) is 11.0. The summed E-state index contributed by atoms with van der Waals surface area (Å²) >= 11 is 0. The van der Waals surface area contributed by atoms with Gasteiger partial charge in [-0.05, 0) is 35.1 Å². The molecule has 0 spiro atoms. The van der Waals surface area contributed by atoms with Gasteiger partial charge in [0.25, 0.3) is 0 Å². The van der Waals surface area contributed by atoms with Crippen LogP contribution in [0.4, 0.5) is 4.79 Å². The zero-order valence-electron chi connectivity index (χ0n) is 18.4. The first-order valence-electron chi connectivity index (χ1n) is 11.0. The monoisotopic (exact) mass is 438 g/mol. The van der Waals surface area contributed by atoms with Crippen LogP contribution < -0.4 is 5.32 Å². The molecule has 0 saturated heterocycles. The number of unbranched alkanes of at least 4 members (excludes halogenated alkanes) is 3. The largest absolute Gasteiger partial charge is 0.480 e. The van der Waals surface area contributed by atoms with Gasteiger partial charge in [-0.25, -0.2) is 4.79 Å². The Hall–Kier alpha value is -3.35. The van der Waals surface area contributed by atoms with E-state index in [1.807, 2.05) is 24.3 Å². The zero-order valence-corrected chi connectivity index (χ0v) is 18.4. The third kappa shape index (κ3) is 6.09. The van der Waals surface area contributed by atoms with Crippen LogP contribution in [0.3, 0.4) is 0 Å². The van der Waals surface area contributed by atoms with Gasteiger partial charge in [-0.1, -0.05) is 61.4 Å². The lowest BCUT2D eigenvalue weighted by Crippen LogP contribution is -2.31. The molecular weight excluding hydrogens is 408 g/mol. The number of hydrogen-bond acceptors (Lipinski definition) is 4. The number of ether oxygens (including phenoxy) is 1. The second kappa shape index (κ2) is 11.3. The average Bonchev–Trinajstić information content (AvgIpc) is 3.10. The van der Waals surface area contributed by atoms with Crippen molar-refractivity contribution in [3.8, 4) is 11.1 Å². The molecule has 170 valence electrons. The quantitative estimate of drug-likeness (QED) is 0.517. The van der Waals surface area contributed by atoms with Gasteiger partial charge in [0, 0.05) is 25.9 Å². The standard InChI is InChI=1S/C25H30N2O5/c1-27(16-24(29)30)23(28)14-4-2-3-9-15-26-25(31)32-17-22-20-12-7-5-10-18(20)19-11-6-8-13-21(19)22/h5-8,10-13,22H,2-4,9,14-17H2,1H3,(H,26,31)(H,29,30). The predicted octanol–water partition coefficient (Wildman–Crippen LogP) is 4.02. The first kappa shape index (κ1) is 23.3. The molecule has 7 heteroatoms. The van der Waals surface area contributed by atoms with Crippen molar-refractivity contribution in [2.24, 2.45) is 0 Å². The van der Waals surface area contributed by atoms with Crippen LogP contribution in [-0.2, 0) is 14.3 Å². The minimum Gasteiger partial charge on any atom is -0.480 e. The topological polar surface area (TPSA) is 95.9 Å². The number of carbonyl (C=O) groups excluding carboxylic acids is 2. The number of amides is 2. The molecule has 7 nitrogen and oxygen atoms in total. The molecule has 0 aromatic heterocycles. The number of alkyl carbamates (subject to hydrolysis) is 1. The number of fused-ring (bicyclic) bond motifs is 3. The lowest BCUT2D eigenvalue weighted by Gasteiger charge is -2.15. The Morgan fingerprint density at radius 2 is 1.53 bits per heavy atom. The van der Waals surface area contributed by atoms with Gasteiger partial charge in [-0.15, -0.1) is 0 Å². The predicted molar refractivity (Wildman–Crippen MR) is 121 cm³/mol. The molecule has 0 bridgehead atoms. The molecule has 0 aliphatic heterocycles. The van der Waals surface area contributed by atoms with Crippen LogP contribution in [-0.4, -0.2) is 54.7 Å². The van der Waals surface area contributed by atoms with Gasteiger partial charge in [-0.2, -0.15) is 0 Å². The highest BCUT2D eigenvalue weighted by Gasteiger charge is 2.28. The van der Waals surface area contributed by atoms with Gasteiger partial charge < -0.3 is 20.1 Å². The lowest BCUT2D eigenvalue weighted by molar-refractivity contribution is -0.143. The maximum atomic E-state index is 12.1. The molecule has 0 unspecified atom stereocenters. The second-order valence-electron chi connectivity index (χ2n) is 8.06. The SMILES string of the molecule is CN(CC(=O)O)C(=O)CCCCCCNC(=O)OCC1c2ccccc2-c2ccccc21. The van der Waals surface area contributed by atoms with Crippen molar-refractivity contribution in [1.82, 2.24) is 10.2 Å². The number of aliphatic carboxylic acids is 1. The highest BCUT2D eigenvalue weighted by molar-refractivity contribution is 5.81. The summed E-state index contributed by atoms with van der Waals surface area (Å²) in [6.07, 6.45) is 3.14. The third-order valence-corrected chi connectivity index (χ3v) is 5.73. The van der Waals surface area contributed by atoms with E-state index in [-0.39, 0.29) is 18.4 Å². The van der Waals surface area contributed by atoms with E-state index < -0.39 is 12.1 Å². The third-order valence-electron chi connectivity index (χ3n) is 5.73. The summed E-state index contributed by atoms with van der Waals surface area (Å²) < 4.78 is 5.51. The summed E-state index contributed by atoms with van der Waals surface area (Å²) in [7, 11) is 1.49. The van der Waals surface area contributed by atoms with Crippen molar-refractivity contribution in [1.29, 1.82) is 0 Å². The maximum absolute atomic E-state index is 12.1. The first-order chi connectivity index (χ1) is 15.5. The van der Waals surface area contributed by atoms with E-state index in [9.17, 15) is 14.4 Å². The van der Waals surface area contributed by atoms with Crippen LogP contribution in [0.2, 0.25) is 0 Å². The summed E-state index contributed by atoms with van der Waals surface area (Å²) in [5.41, 5.74) is 4.77. The molecule has 2 aromatic carbocycles. The van der Waals surface area contributed by atoms with Gasteiger partial charge in [0.05, 0.1) is 0 Å². The van der Waals surface area contributed by atoms with E-state index in [0.717, 1.165) is 19.3 Å². The molecule has 2 N–H and O–H groups in total. The van der Waals surface area contributed by atoms with Crippen LogP contribution in [0.25, 0.3) is 11.1 Å². The Bertz CT molecular complexity index is 913. The van der Waals surface area contributed by atoms with Crippen LogP contribution in [0.5, 0.6) is 0 Å². The molecule has 3 rings (SSSR count). The van der Waals surface area contributed by atoms with E-state index in [0.29, 0.717) is 26.0 Å². The molecule has 0 fully saturated rings. The Kier molecular flexibility index (Phi) is 8.25. The van der Waals surface area contributed by atoms with Crippen LogP contribution in [0.1, 0.15) is 49.1 Å². The van der Waals surface area contributed by atoms with E-state index in [1.54, 1.807) is 0 Å². The van der Waals surface area contributed by atoms with Gasteiger partial charge in [0.2, 0.25) is 5.91 Å². The molecule has 32 heavy (non-hydrogen) atoms. The Morgan fingerprint density at radius 3 is 2.16 bits per heavy atom. The normalized spacial score (nSPS) is 12.0. The van der Waals surface area contributed by atoms with Crippen molar-refractivity contribution in [2.75, 3.05) is 26.7 Å². The van der Waals surface area contributed by atoms with Gasteiger partial charge in [0.15, 0.2) is 0 Å². The lowest BCUT2D eigenvalue weighted by atomic mass is 9.98. The van der Waals surface area contributed by atoms with Gasteiger partial charge in [-0.3, -0.25) is 9.59 Å². The highest BCUT2D eigenvalue weighted by Crippen LogP contribution is 2.44. The van der Waals surface area contributed by atoms with E-state index in [4.69, 9.17) is 9.84 Å². The summed E-state index contributed by atoms with van der Waals surface area (Å²) in [6, 6.07) is 16.4. The number of rotatable bonds is 11. The van der Waals surface area contributed by atoms with Crippen LogP contribution in [0.15, 0.2) is 48.5 Å². The summed E-state index contributed by atoms with van der Waals surface area (Å²) in [5, 5.41) is 11.5. The molecule has 1 aliphatic carbocycles. The maximum Gasteiger partial charge on any atom is 0.407 e. The number of nitrogens with one attached hydrogen (secondary N) is 1. The van der Waals surface area contributed by atoms with Crippen molar-refractivity contribution in [2.45, 2.75) is 38.0 Å². The number of carboxylic acids is 1. The number of hydrogen-bond donors (Lipinski definition) is 2. The number of carbonyl (C=O) groups is 3. The van der Waals surface area contributed by atoms with E-state index >= 15 is 0 Å². The number of carboxylic acid groups (broad SMARTS) is 1. The molecule has 0 saturated carbocycles.